The van der Waals surface area contributed by atoms with Gasteiger partial charge < -0.3 is 4.42 Å². The van der Waals surface area contributed by atoms with Gasteiger partial charge >= 0.3 is 5.63 Å². The number of hydrogen-bond donors (Lipinski definition) is 0. The Labute approximate surface area is 45.9 Å². The van der Waals surface area contributed by atoms with Crippen LogP contribution in [0, 0.1) is 0 Å². The van der Waals surface area contributed by atoms with Crippen molar-refractivity contribution in [2.24, 2.45) is 0 Å². The Morgan fingerprint density at radius 3 is 2.38 bits per heavy atom. The van der Waals surface area contributed by atoms with Gasteiger partial charge in [0, 0.05) is 11.5 Å². The first-order valence-electron chi connectivity index (χ1n) is 1.93. The van der Waals surface area contributed by atoms with E-state index in [2.05, 4.69) is 4.42 Å². The molecule has 0 aromatic carbocycles. The van der Waals surface area contributed by atoms with E-state index in [4.69, 9.17) is 0 Å². The molecule has 0 spiro atoms. The van der Waals surface area contributed by atoms with E-state index in [1.165, 1.54) is 12.3 Å². The van der Waals surface area contributed by atoms with Crippen molar-refractivity contribution in [3.8, 4) is 0 Å². The molecule has 0 amide bonds. The van der Waals surface area contributed by atoms with Crippen molar-refractivity contribution >= 4 is 0 Å². The maximum Gasteiger partial charge on any atom is 0.335 e. The van der Waals surface area contributed by atoms with Crippen molar-refractivity contribution in [2.45, 2.75) is 0 Å². The average molecular weight is 112 g/mol. The Morgan fingerprint density at radius 2 is 2.12 bits per heavy atom. The van der Waals surface area contributed by atoms with Crippen LogP contribution in [0.3, 0.4) is 0 Å². The Hall–Kier alpha value is -1.09. The van der Waals surface area contributed by atoms with E-state index >= 15 is 0 Å². The topological polar surface area (TPSA) is 58.7 Å². The smallest absolute Gasteiger partial charge is 0.335 e. The quantitative estimate of drug-likeness (QED) is 0.491. The van der Waals surface area contributed by atoms with Gasteiger partial charge in [-0.25, -0.2) is 4.79 Å². The van der Waals surface area contributed by atoms with Gasteiger partial charge in [-0.2, -0.15) is 0 Å². The van der Waals surface area contributed by atoms with Crippen molar-refractivity contribution < 1.29 is 9.89 Å². The fourth-order valence-electron chi connectivity index (χ4n) is 0.325. The molecule has 2 radical (unpaired) electrons. The van der Waals surface area contributed by atoms with Crippen LogP contribution in [0.15, 0.2) is 33.7 Å². The first-order chi connectivity index (χ1) is 3.39. The molecule has 1 aromatic heterocycles. The van der Waals surface area contributed by atoms with Crippen molar-refractivity contribution in [3.05, 3.63) is 34.9 Å². The summed E-state index contributed by atoms with van der Waals surface area (Å²) in [7, 11) is 0. The fourth-order valence-corrected chi connectivity index (χ4v) is 0.325. The molecule has 42 valence electrons. The molecular weight excluding hydrogens is 108 g/mol. The van der Waals surface area contributed by atoms with Crippen molar-refractivity contribution in [1.82, 2.24) is 0 Å². The minimum absolute atomic E-state index is 0. The van der Waals surface area contributed by atoms with Crippen molar-refractivity contribution in [1.29, 1.82) is 0 Å². The highest BCUT2D eigenvalue weighted by molar-refractivity contribution is 4.85. The lowest BCUT2D eigenvalue weighted by atomic mass is 10.5. The zero-order valence-corrected chi connectivity index (χ0v) is 4.03. The van der Waals surface area contributed by atoms with Gasteiger partial charge in [0.1, 0.15) is 0 Å². The summed E-state index contributed by atoms with van der Waals surface area (Å²) in [5, 5.41) is 0. The lowest BCUT2D eigenvalue weighted by Crippen LogP contribution is -1.90. The Balaban J connectivity index is 0.000000490. The van der Waals surface area contributed by atoms with Gasteiger partial charge in [-0.05, 0) is 6.07 Å². The molecule has 1 aromatic rings. The van der Waals surface area contributed by atoms with E-state index in [9.17, 15) is 4.79 Å². The molecule has 1 heterocycles. The molecule has 0 fully saturated rings. The zero-order chi connectivity index (χ0) is 5.11. The van der Waals surface area contributed by atoms with Crippen LogP contribution in [0.1, 0.15) is 0 Å². The maximum absolute atomic E-state index is 10.1. The molecule has 1 rings (SSSR count). The van der Waals surface area contributed by atoms with Crippen LogP contribution in [0.5, 0.6) is 0 Å². The van der Waals surface area contributed by atoms with Crippen LogP contribution in [0.2, 0.25) is 0 Å². The molecule has 0 bridgehead atoms. The second-order valence-electron chi connectivity index (χ2n) is 1.12. The predicted octanol–water partition coefficient (Wildman–Crippen LogP) is 0.521. The monoisotopic (exact) mass is 112 g/mol. The second kappa shape index (κ2) is 2.98. The molecule has 0 aliphatic carbocycles. The second-order valence-corrected chi connectivity index (χ2v) is 1.12. The van der Waals surface area contributed by atoms with Crippen LogP contribution in [0.25, 0.3) is 0 Å². The summed E-state index contributed by atoms with van der Waals surface area (Å²) in [4.78, 5) is 10.1. The van der Waals surface area contributed by atoms with E-state index < -0.39 is 0 Å². The van der Waals surface area contributed by atoms with Crippen molar-refractivity contribution in [3.63, 3.8) is 0 Å². The SMILES string of the molecule is O=c1cccco1.[O]. The summed E-state index contributed by atoms with van der Waals surface area (Å²) >= 11 is 0. The summed E-state index contributed by atoms with van der Waals surface area (Å²) in [6.45, 7) is 0. The molecule has 0 aliphatic rings. The first kappa shape index (κ1) is 6.91. The molecular formula is C5H4O3. The lowest BCUT2D eigenvalue weighted by molar-refractivity contribution is 0.511. The van der Waals surface area contributed by atoms with E-state index in [0.29, 0.717) is 0 Å². The Bertz CT molecular complexity index is 173. The minimum Gasteiger partial charge on any atom is -0.431 e. The Morgan fingerprint density at radius 1 is 1.38 bits per heavy atom. The maximum atomic E-state index is 10.1. The van der Waals surface area contributed by atoms with E-state index in [1.54, 1.807) is 12.1 Å². The zero-order valence-electron chi connectivity index (χ0n) is 4.03. The molecule has 3 nitrogen and oxygen atoms in total. The minimum atomic E-state index is -0.303. The lowest BCUT2D eigenvalue weighted by Gasteiger charge is -1.72. The van der Waals surface area contributed by atoms with Gasteiger partial charge in [-0.15, -0.1) is 0 Å². The number of hydrogen-bond acceptors (Lipinski definition) is 2. The summed E-state index contributed by atoms with van der Waals surface area (Å²) in [6, 6.07) is 4.65. The summed E-state index contributed by atoms with van der Waals surface area (Å²) in [6.07, 6.45) is 1.35. The van der Waals surface area contributed by atoms with Crippen LogP contribution in [-0.2, 0) is 5.48 Å². The highest BCUT2D eigenvalue weighted by Gasteiger charge is 1.72. The van der Waals surface area contributed by atoms with Gasteiger partial charge in [0.15, 0.2) is 0 Å². The van der Waals surface area contributed by atoms with Crippen LogP contribution in [-0.4, -0.2) is 0 Å². The molecule has 0 saturated carbocycles. The van der Waals surface area contributed by atoms with E-state index in [-0.39, 0.29) is 11.1 Å². The molecule has 0 saturated heterocycles. The predicted molar refractivity (Wildman–Crippen MR) is 25.7 cm³/mol. The molecule has 0 unspecified atom stereocenters. The third-order valence-electron chi connectivity index (χ3n) is 0.606. The molecule has 8 heavy (non-hydrogen) atoms. The highest BCUT2D eigenvalue weighted by Crippen LogP contribution is 1.72. The van der Waals surface area contributed by atoms with E-state index in [1.807, 2.05) is 0 Å². The third-order valence-corrected chi connectivity index (χ3v) is 0.606. The largest absolute Gasteiger partial charge is 0.431 e. The standard InChI is InChI=1S/C5H4O2.O/c6-5-3-1-2-4-7-5;/h1-4H;. The fraction of sp³-hybridized carbons (Fsp3) is 0. The Kier molecular flexibility index (Phi) is 2.58. The van der Waals surface area contributed by atoms with Crippen molar-refractivity contribution in [2.75, 3.05) is 0 Å². The van der Waals surface area contributed by atoms with Crippen LogP contribution in [0.4, 0.5) is 0 Å². The van der Waals surface area contributed by atoms with Crippen LogP contribution < -0.4 is 5.63 Å². The van der Waals surface area contributed by atoms with Gasteiger partial charge in [-0.3, -0.25) is 0 Å². The van der Waals surface area contributed by atoms with Gasteiger partial charge in [-0.1, -0.05) is 6.07 Å². The molecule has 0 N–H and O–H groups in total. The molecule has 0 atom stereocenters. The van der Waals surface area contributed by atoms with Gasteiger partial charge in [0.05, 0.1) is 6.26 Å². The molecule has 3 heteroatoms. The number of rotatable bonds is 0. The normalized spacial score (nSPS) is 7.50. The van der Waals surface area contributed by atoms with Crippen LogP contribution >= 0.6 is 0 Å². The summed E-state index contributed by atoms with van der Waals surface area (Å²) in [5.41, 5.74) is -0.303. The first-order valence-corrected chi connectivity index (χ1v) is 1.93. The summed E-state index contributed by atoms with van der Waals surface area (Å²) in [5.74, 6) is 0. The van der Waals surface area contributed by atoms with E-state index in [0.717, 1.165) is 0 Å². The third kappa shape index (κ3) is 1.57. The average Bonchev–Trinajstić information content (AvgIpc) is 1.69. The van der Waals surface area contributed by atoms with Gasteiger partial charge in [0.2, 0.25) is 0 Å². The highest BCUT2D eigenvalue weighted by atomic mass is 16.4. The van der Waals surface area contributed by atoms with Gasteiger partial charge in [0.25, 0.3) is 0 Å². The summed E-state index contributed by atoms with van der Waals surface area (Å²) < 4.78 is 4.37. The molecule has 0 aliphatic heterocycles.